The quantitative estimate of drug-likeness (QED) is 0.408. The van der Waals surface area contributed by atoms with Crippen LogP contribution in [-0.4, -0.2) is 47.2 Å². The van der Waals surface area contributed by atoms with E-state index in [0.717, 1.165) is 53.7 Å². The van der Waals surface area contributed by atoms with Crippen molar-refractivity contribution in [3.63, 3.8) is 0 Å². The summed E-state index contributed by atoms with van der Waals surface area (Å²) in [5, 5.41) is 8.36. The minimum atomic E-state index is -0.266. The van der Waals surface area contributed by atoms with Crippen LogP contribution in [-0.2, 0) is 29.7 Å². The van der Waals surface area contributed by atoms with Crippen LogP contribution in [0.25, 0.3) is 10.9 Å². The largest absolute Gasteiger partial charge is 0.439 e. The third-order valence-electron chi connectivity index (χ3n) is 8.31. The molecular formula is C29H31N7O3. The maximum absolute atomic E-state index is 13.1. The van der Waals surface area contributed by atoms with Crippen molar-refractivity contribution in [2.45, 2.75) is 71.0 Å². The first kappa shape index (κ1) is 23.9. The number of anilines is 1. The molecule has 1 aliphatic carbocycles. The second-order valence-corrected chi connectivity index (χ2v) is 11.6. The highest BCUT2D eigenvalue weighted by Crippen LogP contribution is 2.37. The Kier molecular flexibility index (Phi) is 5.30. The van der Waals surface area contributed by atoms with Crippen LogP contribution in [0.5, 0.6) is 11.6 Å². The van der Waals surface area contributed by atoms with E-state index in [2.05, 4.69) is 41.2 Å². The molecule has 1 atom stereocenters. The zero-order valence-corrected chi connectivity index (χ0v) is 22.3. The number of hydrogen-bond donors (Lipinski definition) is 1. The van der Waals surface area contributed by atoms with E-state index in [1.54, 1.807) is 10.8 Å². The Morgan fingerprint density at radius 2 is 1.97 bits per heavy atom. The molecule has 3 aromatic heterocycles. The van der Waals surface area contributed by atoms with Crippen LogP contribution in [0.2, 0.25) is 0 Å². The van der Waals surface area contributed by atoms with Gasteiger partial charge in [-0.2, -0.15) is 5.10 Å². The summed E-state index contributed by atoms with van der Waals surface area (Å²) in [6, 6.07) is 9.25. The number of aryl methyl sites for hydroxylation is 1. The van der Waals surface area contributed by atoms with Crippen LogP contribution in [0.15, 0.2) is 42.9 Å². The molecule has 3 aliphatic rings. The van der Waals surface area contributed by atoms with Crippen molar-refractivity contribution < 1.29 is 14.3 Å². The molecule has 0 bridgehead atoms. The fourth-order valence-corrected chi connectivity index (χ4v) is 5.79. The molecule has 0 saturated heterocycles. The summed E-state index contributed by atoms with van der Waals surface area (Å²) in [6.45, 7) is 7.80. The molecule has 1 N–H and O–H groups in total. The van der Waals surface area contributed by atoms with E-state index in [1.807, 2.05) is 39.9 Å². The summed E-state index contributed by atoms with van der Waals surface area (Å²) in [6.07, 6.45) is 6.92. The maximum Gasteiger partial charge on any atom is 0.331 e. The van der Waals surface area contributed by atoms with Gasteiger partial charge in [-0.25, -0.2) is 14.8 Å². The van der Waals surface area contributed by atoms with Crippen LogP contribution in [0.3, 0.4) is 0 Å². The van der Waals surface area contributed by atoms with Crippen molar-refractivity contribution in [2.75, 3.05) is 5.32 Å². The van der Waals surface area contributed by atoms with E-state index in [9.17, 15) is 9.59 Å². The number of hydrogen-bond acceptors (Lipinski definition) is 6. The lowest BCUT2D eigenvalue weighted by Crippen LogP contribution is -2.43. The van der Waals surface area contributed by atoms with Crippen molar-refractivity contribution in [1.82, 2.24) is 29.2 Å². The molecule has 0 radical (unpaired) electrons. The number of nitrogens with zero attached hydrogens (tertiary/aromatic N) is 6. The van der Waals surface area contributed by atoms with Gasteiger partial charge in [0.1, 0.15) is 12.1 Å². The van der Waals surface area contributed by atoms with Crippen LogP contribution >= 0.6 is 0 Å². The molecule has 39 heavy (non-hydrogen) atoms. The molecule has 0 spiro atoms. The first-order valence-electron chi connectivity index (χ1n) is 13.6. The third-order valence-corrected chi connectivity index (χ3v) is 8.31. The van der Waals surface area contributed by atoms with E-state index in [4.69, 9.17) is 4.74 Å². The van der Waals surface area contributed by atoms with Gasteiger partial charge in [0.05, 0.1) is 17.8 Å². The lowest BCUT2D eigenvalue weighted by molar-refractivity contribution is -0.135. The Labute approximate surface area is 226 Å². The molecule has 1 saturated carbocycles. The fourth-order valence-electron chi connectivity index (χ4n) is 5.79. The number of nitrogens with one attached hydrogen (secondary N) is 1. The average Bonchev–Trinajstić information content (AvgIpc) is 3.45. The number of fused-ring (bicyclic) bond motifs is 3. The summed E-state index contributed by atoms with van der Waals surface area (Å²) in [5.41, 5.74) is 3.74. The second-order valence-electron chi connectivity index (χ2n) is 11.6. The number of amides is 2. The zero-order chi connectivity index (χ0) is 26.9. The Morgan fingerprint density at radius 3 is 2.77 bits per heavy atom. The number of carbonyl (C=O) groups is 2. The highest BCUT2D eigenvalue weighted by Gasteiger charge is 2.38. The van der Waals surface area contributed by atoms with Crippen molar-refractivity contribution in [1.29, 1.82) is 0 Å². The van der Waals surface area contributed by atoms with Gasteiger partial charge in [-0.05, 0) is 56.9 Å². The second kappa shape index (κ2) is 8.65. The molecule has 1 aromatic carbocycles. The smallest absolute Gasteiger partial charge is 0.331 e. The highest BCUT2D eigenvalue weighted by atomic mass is 16.5. The van der Waals surface area contributed by atoms with Crippen LogP contribution in [0.4, 0.5) is 10.6 Å². The van der Waals surface area contributed by atoms with Crippen LogP contribution in [0.1, 0.15) is 57.0 Å². The van der Waals surface area contributed by atoms with Crippen molar-refractivity contribution in [3.8, 4) is 11.6 Å². The van der Waals surface area contributed by atoms with Gasteiger partial charge in [-0.1, -0.05) is 13.8 Å². The summed E-state index contributed by atoms with van der Waals surface area (Å²) >= 11 is 0. The fraction of sp³-hybridized carbons (Fsp3) is 0.414. The van der Waals surface area contributed by atoms with E-state index in [0.29, 0.717) is 30.4 Å². The van der Waals surface area contributed by atoms with E-state index in [1.165, 1.54) is 6.33 Å². The number of ether oxygens (including phenoxy) is 1. The van der Waals surface area contributed by atoms with E-state index < -0.39 is 0 Å². The third kappa shape index (κ3) is 4.14. The molecule has 200 valence electrons. The van der Waals surface area contributed by atoms with Crippen LogP contribution < -0.4 is 10.1 Å². The molecule has 7 rings (SSSR count). The van der Waals surface area contributed by atoms with Gasteiger partial charge in [0.15, 0.2) is 5.82 Å². The zero-order valence-electron chi connectivity index (χ0n) is 22.3. The molecular weight excluding hydrogens is 494 g/mol. The first-order chi connectivity index (χ1) is 18.8. The maximum atomic E-state index is 13.1. The highest BCUT2D eigenvalue weighted by molar-refractivity contribution is 5.98. The number of aromatic nitrogens is 5. The van der Waals surface area contributed by atoms with E-state index >= 15 is 0 Å². The monoisotopic (exact) mass is 525 g/mol. The number of rotatable bonds is 4. The predicted octanol–water partition coefficient (Wildman–Crippen LogP) is 4.86. The topological polar surface area (TPSA) is 107 Å². The van der Waals surface area contributed by atoms with Gasteiger partial charge in [0.2, 0.25) is 11.8 Å². The Morgan fingerprint density at radius 1 is 1.13 bits per heavy atom. The molecule has 5 heterocycles. The van der Waals surface area contributed by atoms with Crippen LogP contribution in [0, 0.1) is 5.92 Å². The SMILES string of the molecule is C[C@H]1Cc2c(ncnc2Oc2ccc3c(ccn3C(=O)Nc3cc4n(n3)CCC4(C)C)c2)CN1C(=O)C1CC1. The average molecular weight is 526 g/mol. The minimum absolute atomic E-state index is 0.0564. The minimum Gasteiger partial charge on any atom is -0.439 e. The van der Waals surface area contributed by atoms with Gasteiger partial charge < -0.3 is 9.64 Å². The summed E-state index contributed by atoms with van der Waals surface area (Å²) < 4.78 is 9.78. The molecule has 1 fully saturated rings. The summed E-state index contributed by atoms with van der Waals surface area (Å²) in [4.78, 5) is 36.6. The standard InChI is InChI=1S/C29H31N7O3/c1-17-12-21-22(15-35(17)27(37)18-4-5-18)30-16-31-26(21)39-20-6-7-23-19(13-20)8-10-34(23)28(38)32-25-14-24-29(2,3)9-11-36(24)33-25/h6-8,10,13-14,16-18H,4-5,9,11-12,15H2,1-3H3,(H,32,33,38)/t17-/m0/s1. The molecule has 10 heteroatoms. The van der Waals surface area contributed by atoms with E-state index in [-0.39, 0.29) is 29.3 Å². The molecule has 4 aromatic rings. The molecule has 2 amide bonds. The van der Waals surface area contributed by atoms with Gasteiger partial charge >= 0.3 is 6.03 Å². The van der Waals surface area contributed by atoms with Crippen molar-refractivity contribution >= 4 is 28.7 Å². The predicted molar refractivity (Wildman–Crippen MR) is 145 cm³/mol. The number of benzene rings is 1. The molecule has 10 nitrogen and oxygen atoms in total. The van der Waals surface area contributed by atoms with Gasteiger partial charge in [-0.15, -0.1) is 0 Å². The summed E-state index contributed by atoms with van der Waals surface area (Å²) in [7, 11) is 0. The van der Waals surface area contributed by atoms with Gasteiger partial charge in [0.25, 0.3) is 0 Å². The van der Waals surface area contributed by atoms with Crippen molar-refractivity contribution in [2.24, 2.45) is 5.92 Å². The molecule has 0 unspecified atom stereocenters. The lowest BCUT2D eigenvalue weighted by atomic mass is 9.89. The molecule has 2 aliphatic heterocycles. The van der Waals surface area contributed by atoms with Gasteiger partial charge in [-0.3, -0.25) is 19.4 Å². The first-order valence-corrected chi connectivity index (χ1v) is 13.6. The number of carbonyl (C=O) groups excluding carboxylic acids is 2. The Hall–Kier alpha value is -4.21. The Bertz CT molecular complexity index is 1630. The normalized spacial score (nSPS) is 19.6. The van der Waals surface area contributed by atoms with Gasteiger partial charge in [0, 0.05) is 52.8 Å². The Balaban J connectivity index is 1.09. The lowest BCUT2D eigenvalue weighted by Gasteiger charge is -2.34. The van der Waals surface area contributed by atoms with Crippen molar-refractivity contribution in [3.05, 3.63) is 59.8 Å². The summed E-state index contributed by atoms with van der Waals surface area (Å²) in [5.74, 6) is 2.11.